The van der Waals surface area contributed by atoms with Gasteiger partial charge in [0.05, 0.1) is 7.11 Å². The minimum Gasteiger partial charge on any atom is -0.480 e. The van der Waals surface area contributed by atoms with Crippen molar-refractivity contribution in [2.75, 3.05) is 38.2 Å². The summed E-state index contributed by atoms with van der Waals surface area (Å²) in [7, 11) is 1.25. The summed E-state index contributed by atoms with van der Waals surface area (Å²) in [6, 6.07) is -1.27. The SMILES string of the molecule is CCN(CC(=O)OC)C(=O)N1CCSCC1C(=O)O. The minimum atomic E-state index is -1.02. The maximum atomic E-state index is 12.3. The van der Waals surface area contributed by atoms with Gasteiger partial charge in [0.1, 0.15) is 12.6 Å². The van der Waals surface area contributed by atoms with E-state index in [0.717, 1.165) is 0 Å². The van der Waals surface area contributed by atoms with E-state index in [1.165, 1.54) is 28.7 Å². The summed E-state index contributed by atoms with van der Waals surface area (Å²) in [5.74, 6) is -0.467. The van der Waals surface area contributed by atoms with Crippen molar-refractivity contribution in [3.63, 3.8) is 0 Å². The molecule has 1 aliphatic heterocycles. The van der Waals surface area contributed by atoms with E-state index in [-0.39, 0.29) is 6.54 Å². The largest absolute Gasteiger partial charge is 0.480 e. The molecule has 19 heavy (non-hydrogen) atoms. The molecule has 0 aromatic rings. The Kier molecular flexibility index (Phi) is 5.94. The van der Waals surface area contributed by atoms with Crippen molar-refractivity contribution in [2.45, 2.75) is 13.0 Å². The third-order valence-electron chi connectivity index (χ3n) is 2.86. The second kappa shape index (κ2) is 7.22. The van der Waals surface area contributed by atoms with E-state index in [2.05, 4.69) is 4.74 Å². The number of hydrogen-bond acceptors (Lipinski definition) is 5. The van der Waals surface area contributed by atoms with Crippen molar-refractivity contribution in [3.8, 4) is 0 Å². The molecule has 1 aliphatic rings. The molecule has 1 rings (SSSR count). The summed E-state index contributed by atoms with van der Waals surface area (Å²) in [6.45, 7) is 2.26. The van der Waals surface area contributed by atoms with Crippen LogP contribution in [-0.4, -0.2) is 77.2 Å². The molecule has 0 spiro atoms. The Balaban J connectivity index is 2.76. The first-order valence-corrected chi connectivity index (χ1v) is 7.09. The van der Waals surface area contributed by atoms with Crippen LogP contribution in [0.4, 0.5) is 4.79 Å². The summed E-state index contributed by atoms with van der Waals surface area (Å²) in [6.07, 6.45) is 0. The van der Waals surface area contributed by atoms with E-state index in [4.69, 9.17) is 5.11 Å². The van der Waals surface area contributed by atoms with E-state index in [1.54, 1.807) is 6.92 Å². The van der Waals surface area contributed by atoms with E-state index < -0.39 is 24.0 Å². The third kappa shape index (κ3) is 4.02. The van der Waals surface area contributed by atoms with Crippen molar-refractivity contribution >= 4 is 29.7 Å². The van der Waals surface area contributed by atoms with Gasteiger partial charge in [0.15, 0.2) is 0 Å². The smallest absolute Gasteiger partial charge is 0.327 e. The molecule has 0 aliphatic carbocycles. The number of amides is 2. The molecule has 1 atom stereocenters. The number of urea groups is 1. The molecular weight excluding hydrogens is 272 g/mol. The molecule has 2 amide bonds. The molecule has 1 saturated heterocycles. The maximum Gasteiger partial charge on any atom is 0.327 e. The van der Waals surface area contributed by atoms with Crippen LogP contribution in [0, 0.1) is 0 Å². The molecular formula is C11H18N2O5S. The van der Waals surface area contributed by atoms with Gasteiger partial charge in [-0.3, -0.25) is 4.79 Å². The van der Waals surface area contributed by atoms with E-state index in [0.29, 0.717) is 24.6 Å². The lowest BCUT2D eigenvalue weighted by atomic mass is 10.3. The quantitative estimate of drug-likeness (QED) is 0.739. The van der Waals surface area contributed by atoms with Gasteiger partial charge in [0.25, 0.3) is 0 Å². The summed E-state index contributed by atoms with van der Waals surface area (Å²) < 4.78 is 4.52. The molecule has 1 fully saturated rings. The van der Waals surface area contributed by atoms with Crippen molar-refractivity contribution in [3.05, 3.63) is 0 Å². The fourth-order valence-electron chi connectivity index (χ4n) is 1.75. The predicted molar refractivity (Wildman–Crippen MR) is 70.1 cm³/mol. The molecule has 1 unspecified atom stereocenters. The van der Waals surface area contributed by atoms with E-state index in [1.807, 2.05) is 0 Å². The fourth-order valence-corrected chi connectivity index (χ4v) is 2.79. The summed E-state index contributed by atoms with van der Waals surface area (Å²) >= 11 is 1.51. The van der Waals surface area contributed by atoms with Crippen molar-refractivity contribution in [1.82, 2.24) is 9.80 Å². The first-order chi connectivity index (χ1) is 9.01. The van der Waals surface area contributed by atoms with Gasteiger partial charge in [0, 0.05) is 24.6 Å². The number of nitrogens with zero attached hydrogens (tertiary/aromatic N) is 2. The number of carboxylic acids is 1. The number of likely N-dealkylation sites (N-methyl/N-ethyl adjacent to an activating group) is 1. The van der Waals surface area contributed by atoms with Gasteiger partial charge in [-0.25, -0.2) is 9.59 Å². The van der Waals surface area contributed by atoms with Gasteiger partial charge in [-0.15, -0.1) is 0 Å². The highest BCUT2D eigenvalue weighted by molar-refractivity contribution is 7.99. The van der Waals surface area contributed by atoms with Gasteiger partial charge in [0.2, 0.25) is 0 Å². The third-order valence-corrected chi connectivity index (χ3v) is 3.88. The maximum absolute atomic E-state index is 12.3. The lowest BCUT2D eigenvalue weighted by molar-refractivity contribution is -0.141. The zero-order chi connectivity index (χ0) is 14.4. The monoisotopic (exact) mass is 290 g/mol. The molecule has 1 N–H and O–H groups in total. The standard InChI is InChI=1S/C11H18N2O5S/c1-3-12(6-9(14)18-2)11(17)13-4-5-19-7-8(13)10(15)16/h8H,3-7H2,1-2H3,(H,15,16). The number of ether oxygens (including phenoxy) is 1. The normalized spacial score (nSPS) is 18.8. The molecule has 0 bridgehead atoms. The van der Waals surface area contributed by atoms with Gasteiger partial charge >= 0.3 is 18.0 Å². The molecule has 1 heterocycles. The Bertz CT molecular complexity index is 363. The fraction of sp³-hybridized carbons (Fsp3) is 0.727. The summed E-state index contributed by atoms with van der Waals surface area (Å²) in [5.41, 5.74) is 0. The molecule has 0 saturated carbocycles. The van der Waals surface area contributed by atoms with Crippen LogP contribution in [0.3, 0.4) is 0 Å². The molecule has 0 radical (unpaired) electrons. The Labute approximate surface area is 115 Å². The first-order valence-electron chi connectivity index (χ1n) is 5.94. The Hall–Kier alpha value is -1.44. The van der Waals surface area contributed by atoms with Gasteiger partial charge in [-0.2, -0.15) is 11.8 Å². The molecule has 7 nitrogen and oxygen atoms in total. The second-order valence-corrected chi connectivity index (χ2v) is 5.15. The van der Waals surface area contributed by atoms with Crippen molar-refractivity contribution in [1.29, 1.82) is 0 Å². The average molecular weight is 290 g/mol. The van der Waals surface area contributed by atoms with Crippen molar-refractivity contribution < 1.29 is 24.2 Å². The lowest BCUT2D eigenvalue weighted by Crippen LogP contribution is -2.55. The van der Waals surface area contributed by atoms with Crippen molar-refractivity contribution in [2.24, 2.45) is 0 Å². The van der Waals surface area contributed by atoms with Crippen LogP contribution in [0.25, 0.3) is 0 Å². The molecule has 8 heteroatoms. The van der Waals surface area contributed by atoms with Gasteiger partial charge in [-0.1, -0.05) is 0 Å². The topological polar surface area (TPSA) is 87.2 Å². The predicted octanol–water partition coefficient (Wildman–Crippen LogP) is 0.103. The Morgan fingerprint density at radius 2 is 2.16 bits per heavy atom. The van der Waals surface area contributed by atoms with Gasteiger partial charge in [-0.05, 0) is 6.92 Å². The minimum absolute atomic E-state index is 0.165. The van der Waals surface area contributed by atoms with Crippen LogP contribution < -0.4 is 0 Å². The van der Waals surface area contributed by atoms with Crippen LogP contribution >= 0.6 is 11.8 Å². The highest BCUT2D eigenvalue weighted by Gasteiger charge is 2.34. The number of carbonyl (C=O) groups excluding carboxylic acids is 2. The number of carboxylic acid groups (broad SMARTS) is 1. The molecule has 0 aromatic heterocycles. The number of esters is 1. The lowest BCUT2D eigenvalue weighted by Gasteiger charge is -2.36. The number of carbonyl (C=O) groups is 3. The number of methoxy groups -OCH3 is 1. The van der Waals surface area contributed by atoms with Gasteiger partial charge < -0.3 is 19.6 Å². The highest BCUT2D eigenvalue weighted by atomic mass is 32.2. The van der Waals surface area contributed by atoms with Crippen LogP contribution in [0.5, 0.6) is 0 Å². The summed E-state index contributed by atoms with van der Waals surface area (Å²) in [4.78, 5) is 37.2. The highest BCUT2D eigenvalue weighted by Crippen LogP contribution is 2.18. The zero-order valence-electron chi connectivity index (χ0n) is 11.0. The van der Waals surface area contributed by atoms with E-state index >= 15 is 0 Å². The Morgan fingerprint density at radius 1 is 1.47 bits per heavy atom. The average Bonchev–Trinajstić information content (AvgIpc) is 2.43. The van der Waals surface area contributed by atoms with Crippen LogP contribution in [-0.2, 0) is 14.3 Å². The van der Waals surface area contributed by atoms with Crippen LogP contribution in [0.1, 0.15) is 6.92 Å². The first kappa shape index (κ1) is 15.6. The second-order valence-electron chi connectivity index (χ2n) is 4.00. The van der Waals surface area contributed by atoms with Crippen LogP contribution in [0.15, 0.2) is 0 Å². The van der Waals surface area contributed by atoms with E-state index in [9.17, 15) is 14.4 Å². The van der Waals surface area contributed by atoms with Crippen LogP contribution in [0.2, 0.25) is 0 Å². The number of rotatable bonds is 4. The Morgan fingerprint density at radius 3 is 2.68 bits per heavy atom. The number of aliphatic carboxylic acids is 1. The molecule has 108 valence electrons. The number of hydrogen-bond donors (Lipinski definition) is 1. The number of thioether (sulfide) groups is 1. The zero-order valence-corrected chi connectivity index (χ0v) is 11.8. The summed E-state index contributed by atoms with van der Waals surface area (Å²) in [5, 5.41) is 9.12. The molecule has 0 aromatic carbocycles.